The van der Waals surface area contributed by atoms with E-state index in [0.717, 1.165) is 43.7 Å². The van der Waals surface area contributed by atoms with Crippen LogP contribution in [0.4, 0.5) is 0 Å². The van der Waals surface area contributed by atoms with Crippen LogP contribution >= 0.6 is 11.6 Å². The zero-order chi connectivity index (χ0) is 15.1. The lowest BCUT2D eigenvalue weighted by Gasteiger charge is -2.23. The summed E-state index contributed by atoms with van der Waals surface area (Å²) in [6.07, 6.45) is 5.56. The molecule has 1 unspecified atom stereocenters. The van der Waals surface area contributed by atoms with Crippen molar-refractivity contribution in [2.45, 2.75) is 44.4 Å². The van der Waals surface area contributed by atoms with E-state index in [1.807, 2.05) is 29.2 Å². The molecule has 1 aliphatic rings. The van der Waals surface area contributed by atoms with Crippen LogP contribution in [0.5, 0.6) is 5.75 Å². The van der Waals surface area contributed by atoms with Gasteiger partial charge in [-0.25, -0.2) is 0 Å². The molecule has 21 heavy (non-hydrogen) atoms. The molecule has 0 N–H and O–H groups in total. The van der Waals surface area contributed by atoms with Gasteiger partial charge in [-0.1, -0.05) is 31.9 Å². The van der Waals surface area contributed by atoms with Crippen LogP contribution in [0, 0.1) is 0 Å². The minimum Gasteiger partial charge on any atom is -0.494 e. The van der Waals surface area contributed by atoms with Gasteiger partial charge >= 0.3 is 0 Å². The summed E-state index contributed by atoms with van der Waals surface area (Å²) in [6.45, 7) is 4.44. The minimum atomic E-state index is -0.594. The average molecular weight is 310 g/mol. The van der Waals surface area contributed by atoms with Crippen LogP contribution in [0.2, 0.25) is 0 Å². The molecule has 1 aromatic rings. The summed E-state index contributed by atoms with van der Waals surface area (Å²) in [5.41, 5.74) is 0.842. The van der Waals surface area contributed by atoms with Gasteiger partial charge in [0.05, 0.1) is 6.61 Å². The Hall–Kier alpha value is -1.22. The van der Waals surface area contributed by atoms with E-state index in [1.54, 1.807) is 0 Å². The van der Waals surface area contributed by atoms with Crippen LogP contribution in [-0.4, -0.2) is 30.5 Å². The van der Waals surface area contributed by atoms with Crippen LogP contribution in [-0.2, 0) is 4.79 Å². The molecule has 1 heterocycles. The predicted molar refractivity (Wildman–Crippen MR) is 85.9 cm³/mol. The molecule has 1 fully saturated rings. The summed E-state index contributed by atoms with van der Waals surface area (Å²) >= 11 is 6.37. The largest absolute Gasteiger partial charge is 0.494 e. The molecule has 1 atom stereocenters. The first kappa shape index (κ1) is 16.2. The Labute approximate surface area is 132 Å². The van der Waals surface area contributed by atoms with Gasteiger partial charge in [-0.3, -0.25) is 4.79 Å². The van der Waals surface area contributed by atoms with Crippen LogP contribution in [0.25, 0.3) is 0 Å². The van der Waals surface area contributed by atoms with E-state index >= 15 is 0 Å². The molecule has 0 spiro atoms. The monoisotopic (exact) mass is 309 g/mol. The van der Waals surface area contributed by atoms with E-state index in [4.69, 9.17) is 16.3 Å². The third kappa shape index (κ3) is 4.63. The van der Waals surface area contributed by atoms with Crippen molar-refractivity contribution in [1.29, 1.82) is 0 Å². The van der Waals surface area contributed by atoms with Crippen molar-refractivity contribution < 1.29 is 9.53 Å². The summed E-state index contributed by atoms with van der Waals surface area (Å²) in [5.74, 6) is 0.854. The minimum absolute atomic E-state index is 0.0285. The summed E-state index contributed by atoms with van der Waals surface area (Å²) in [5, 5.41) is -0.594. The quantitative estimate of drug-likeness (QED) is 0.764. The van der Waals surface area contributed by atoms with Crippen molar-refractivity contribution in [3.63, 3.8) is 0 Å². The highest BCUT2D eigenvalue weighted by Crippen LogP contribution is 2.26. The van der Waals surface area contributed by atoms with Crippen LogP contribution in [0.1, 0.15) is 50.0 Å². The second kappa shape index (κ2) is 8.28. The van der Waals surface area contributed by atoms with Gasteiger partial charge in [0.2, 0.25) is 5.91 Å². The molecule has 2 rings (SSSR count). The fraction of sp³-hybridized carbons (Fsp3) is 0.588. The topological polar surface area (TPSA) is 29.5 Å². The summed E-state index contributed by atoms with van der Waals surface area (Å²) in [7, 11) is 0. The van der Waals surface area contributed by atoms with Crippen molar-refractivity contribution >= 4 is 17.5 Å². The van der Waals surface area contributed by atoms with Gasteiger partial charge in [0, 0.05) is 13.1 Å². The van der Waals surface area contributed by atoms with Gasteiger partial charge in [-0.2, -0.15) is 0 Å². The lowest BCUT2D eigenvalue weighted by Crippen LogP contribution is -2.34. The zero-order valence-electron chi connectivity index (χ0n) is 12.7. The summed E-state index contributed by atoms with van der Waals surface area (Å²) in [6, 6.07) is 7.54. The van der Waals surface area contributed by atoms with Gasteiger partial charge in [0.15, 0.2) is 0 Å². The van der Waals surface area contributed by atoms with Crippen LogP contribution in [0.3, 0.4) is 0 Å². The molecule has 0 saturated carbocycles. The number of rotatable bonds is 5. The molecule has 0 aliphatic carbocycles. The fourth-order valence-electron chi connectivity index (χ4n) is 2.55. The first-order chi connectivity index (χ1) is 10.2. The number of ether oxygens (including phenoxy) is 1. The molecule has 0 bridgehead atoms. The number of hydrogen-bond donors (Lipinski definition) is 0. The maximum Gasteiger partial charge on any atom is 0.245 e. The number of benzene rings is 1. The fourth-order valence-corrected chi connectivity index (χ4v) is 2.83. The Bertz CT molecular complexity index is 439. The van der Waals surface area contributed by atoms with E-state index in [2.05, 4.69) is 6.92 Å². The molecular weight excluding hydrogens is 286 g/mol. The van der Waals surface area contributed by atoms with Crippen molar-refractivity contribution in [2.24, 2.45) is 0 Å². The molecule has 1 saturated heterocycles. The lowest BCUT2D eigenvalue weighted by atomic mass is 10.1. The Morgan fingerprint density at radius 1 is 1.19 bits per heavy atom. The Balaban J connectivity index is 1.97. The lowest BCUT2D eigenvalue weighted by molar-refractivity contribution is -0.130. The van der Waals surface area contributed by atoms with E-state index < -0.39 is 5.38 Å². The number of hydrogen-bond acceptors (Lipinski definition) is 2. The predicted octanol–water partition coefficient (Wildman–Crippen LogP) is 4.16. The Morgan fingerprint density at radius 2 is 1.81 bits per heavy atom. The number of halogens is 1. The SMILES string of the molecule is CCCOc1ccc(C(Cl)C(=O)N2CCCCCC2)cc1. The van der Waals surface area contributed by atoms with Gasteiger partial charge in [0.1, 0.15) is 11.1 Å². The number of amides is 1. The van der Waals surface area contributed by atoms with Crippen molar-refractivity contribution in [3.05, 3.63) is 29.8 Å². The molecule has 1 aliphatic heterocycles. The third-order valence-electron chi connectivity index (χ3n) is 3.78. The smallest absolute Gasteiger partial charge is 0.245 e. The molecule has 1 amide bonds. The van der Waals surface area contributed by atoms with Crippen LogP contribution < -0.4 is 4.74 Å². The van der Waals surface area contributed by atoms with Gasteiger partial charge < -0.3 is 9.64 Å². The number of carbonyl (C=O) groups excluding carboxylic acids is 1. The van der Waals surface area contributed by atoms with E-state index in [1.165, 1.54) is 12.8 Å². The molecule has 1 aromatic carbocycles. The zero-order valence-corrected chi connectivity index (χ0v) is 13.4. The maximum atomic E-state index is 12.5. The number of likely N-dealkylation sites (tertiary alicyclic amines) is 1. The number of carbonyl (C=O) groups is 1. The normalized spacial score (nSPS) is 17.1. The molecule has 3 nitrogen and oxygen atoms in total. The summed E-state index contributed by atoms with van der Waals surface area (Å²) < 4.78 is 5.54. The second-order valence-corrected chi connectivity index (χ2v) is 5.96. The first-order valence-electron chi connectivity index (χ1n) is 7.88. The standard InChI is InChI=1S/C17H24ClNO2/c1-2-13-21-15-9-7-14(8-10-15)16(18)17(20)19-11-5-3-4-6-12-19/h7-10,16H,2-6,11-13H2,1H3. The van der Waals surface area contributed by atoms with Crippen molar-refractivity contribution in [3.8, 4) is 5.75 Å². The highest BCUT2D eigenvalue weighted by molar-refractivity contribution is 6.30. The highest BCUT2D eigenvalue weighted by atomic mass is 35.5. The van der Waals surface area contributed by atoms with Crippen molar-refractivity contribution in [1.82, 2.24) is 4.90 Å². The average Bonchev–Trinajstić information content (AvgIpc) is 2.81. The van der Waals surface area contributed by atoms with Gasteiger partial charge in [-0.05, 0) is 37.0 Å². The van der Waals surface area contributed by atoms with E-state index in [0.29, 0.717) is 6.61 Å². The van der Waals surface area contributed by atoms with Gasteiger partial charge in [-0.15, -0.1) is 11.6 Å². The maximum absolute atomic E-state index is 12.5. The van der Waals surface area contributed by atoms with E-state index in [9.17, 15) is 4.79 Å². The molecule has 0 radical (unpaired) electrons. The molecule has 4 heteroatoms. The highest BCUT2D eigenvalue weighted by Gasteiger charge is 2.24. The van der Waals surface area contributed by atoms with Gasteiger partial charge in [0.25, 0.3) is 0 Å². The van der Waals surface area contributed by atoms with Crippen molar-refractivity contribution in [2.75, 3.05) is 19.7 Å². The summed E-state index contributed by atoms with van der Waals surface area (Å²) in [4.78, 5) is 14.4. The van der Waals surface area contributed by atoms with E-state index in [-0.39, 0.29) is 5.91 Å². The van der Waals surface area contributed by atoms with Crippen LogP contribution in [0.15, 0.2) is 24.3 Å². The molecular formula is C17H24ClNO2. The second-order valence-electron chi connectivity index (χ2n) is 5.52. The Morgan fingerprint density at radius 3 is 2.38 bits per heavy atom. The molecule has 116 valence electrons. The number of alkyl halides is 1. The third-order valence-corrected chi connectivity index (χ3v) is 4.22. The first-order valence-corrected chi connectivity index (χ1v) is 8.31. The Kier molecular flexibility index (Phi) is 6.37. The number of nitrogens with zero attached hydrogens (tertiary/aromatic N) is 1. The molecule has 0 aromatic heterocycles.